The molecule has 1 aliphatic rings. The van der Waals surface area contributed by atoms with E-state index in [9.17, 15) is 19.7 Å². The zero-order valence-electron chi connectivity index (χ0n) is 15.6. The Kier molecular flexibility index (Phi) is 7.54. The molecule has 0 saturated carbocycles. The largest absolute Gasteiger partial charge is 0.452 e. The average molecular weight is 379 g/mol. The predicted molar refractivity (Wildman–Crippen MR) is 98.9 cm³/mol. The number of hydrogen-bond acceptors (Lipinski definition) is 7. The van der Waals surface area contributed by atoms with E-state index in [4.69, 9.17) is 9.47 Å². The summed E-state index contributed by atoms with van der Waals surface area (Å²) in [6.45, 7) is 5.53. The molecule has 27 heavy (non-hydrogen) atoms. The standard InChI is InChI=1S/C18H25N3O6/c1-3-4-13(2)19-17(22)12-27-18(23)14-5-6-15(16(11-14)21(24)25)20-7-9-26-10-8-20/h5-6,11,13H,3-4,7-10,12H2,1-2H3,(H,19,22)/t13-/m0/s1. The molecule has 1 heterocycles. The van der Waals surface area contributed by atoms with Crippen molar-refractivity contribution in [3.05, 3.63) is 33.9 Å². The first-order chi connectivity index (χ1) is 12.9. The van der Waals surface area contributed by atoms with E-state index in [0.717, 1.165) is 12.8 Å². The van der Waals surface area contributed by atoms with Crippen LogP contribution in [0.2, 0.25) is 0 Å². The lowest BCUT2D eigenvalue weighted by Gasteiger charge is -2.28. The van der Waals surface area contributed by atoms with Crippen LogP contribution in [0.3, 0.4) is 0 Å². The summed E-state index contributed by atoms with van der Waals surface area (Å²) in [5.41, 5.74) is 0.298. The smallest absolute Gasteiger partial charge is 0.338 e. The van der Waals surface area contributed by atoms with Crippen LogP contribution in [0, 0.1) is 10.1 Å². The van der Waals surface area contributed by atoms with Crippen LogP contribution in [0.25, 0.3) is 0 Å². The Morgan fingerprint density at radius 3 is 2.70 bits per heavy atom. The monoisotopic (exact) mass is 379 g/mol. The van der Waals surface area contributed by atoms with Crippen molar-refractivity contribution in [1.29, 1.82) is 0 Å². The maximum absolute atomic E-state index is 12.2. The van der Waals surface area contributed by atoms with Gasteiger partial charge in [0.1, 0.15) is 5.69 Å². The fraction of sp³-hybridized carbons (Fsp3) is 0.556. The number of anilines is 1. The molecule has 0 aromatic heterocycles. The van der Waals surface area contributed by atoms with Crippen LogP contribution >= 0.6 is 0 Å². The van der Waals surface area contributed by atoms with Crippen LogP contribution in [0.5, 0.6) is 0 Å². The van der Waals surface area contributed by atoms with E-state index in [1.165, 1.54) is 18.2 Å². The van der Waals surface area contributed by atoms with Crippen molar-refractivity contribution in [2.75, 3.05) is 37.8 Å². The Morgan fingerprint density at radius 2 is 2.07 bits per heavy atom. The number of morpholine rings is 1. The van der Waals surface area contributed by atoms with Gasteiger partial charge in [0.2, 0.25) is 0 Å². The van der Waals surface area contributed by atoms with E-state index >= 15 is 0 Å². The Labute approximate surface area is 157 Å². The number of carbonyl (C=O) groups is 2. The molecule has 1 saturated heterocycles. The highest BCUT2D eigenvalue weighted by Crippen LogP contribution is 2.30. The van der Waals surface area contributed by atoms with Crippen molar-refractivity contribution >= 4 is 23.3 Å². The SMILES string of the molecule is CCC[C@H](C)NC(=O)COC(=O)c1ccc(N2CCOCC2)c([N+](=O)[O-])c1. The first kappa shape index (κ1) is 20.6. The number of nitrogens with one attached hydrogen (secondary N) is 1. The first-order valence-corrected chi connectivity index (χ1v) is 9.00. The van der Waals surface area contributed by atoms with Gasteiger partial charge < -0.3 is 19.7 Å². The van der Waals surface area contributed by atoms with Gasteiger partial charge >= 0.3 is 5.97 Å². The molecule has 0 radical (unpaired) electrons. The summed E-state index contributed by atoms with van der Waals surface area (Å²) in [6, 6.07) is 4.18. The van der Waals surface area contributed by atoms with Gasteiger partial charge in [-0.1, -0.05) is 13.3 Å². The zero-order chi connectivity index (χ0) is 19.8. The van der Waals surface area contributed by atoms with E-state index in [0.29, 0.717) is 32.0 Å². The van der Waals surface area contributed by atoms with Gasteiger partial charge in [0.15, 0.2) is 6.61 Å². The van der Waals surface area contributed by atoms with E-state index in [1.54, 1.807) is 0 Å². The van der Waals surface area contributed by atoms with Crippen molar-refractivity contribution in [1.82, 2.24) is 5.32 Å². The van der Waals surface area contributed by atoms with Gasteiger partial charge in [-0.05, 0) is 25.5 Å². The number of esters is 1. The van der Waals surface area contributed by atoms with Crippen LogP contribution in [-0.2, 0) is 14.3 Å². The van der Waals surface area contributed by atoms with E-state index in [2.05, 4.69) is 5.32 Å². The predicted octanol–water partition coefficient (Wildman–Crippen LogP) is 1.89. The molecule has 2 rings (SSSR count). The second kappa shape index (κ2) is 9.86. The van der Waals surface area contributed by atoms with Gasteiger partial charge in [-0.15, -0.1) is 0 Å². The molecule has 1 amide bonds. The molecule has 1 atom stereocenters. The maximum atomic E-state index is 12.2. The van der Waals surface area contributed by atoms with Crippen molar-refractivity contribution in [3.8, 4) is 0 Å². The van der Waals surface area contributed by atoms with Gasteiger partial charge in [0.05, 0.1) is 23.7 Å². The number of hydrogen-bond donors (Lipinski definition) is 1. The molecule has 9 heteroatoms. The molecule has 1 fully saturated rings. The van der Waals surface area contributed by atoms with Gasteiger partial charge in [0.25, 0.3) is 11.6 Å². The number of nitro benzene ring substituents is 1. The number of nitrogens with zero attached hydrogens (tertiary/aromatic N) is 2. The van der Waals surface area contributed by atoms with Crippen molar-refractivity contribution < 1.29 is 24.0 Å². The van der Waals surface area contributed by atoms with Crippen LogP contribution in [-0.4, -0.2) is 55.8 Å². The lowest BCUT2D eigenvalue weighted by atomic mass is 10.1. The number of amides is 1. The Balaban J connectivity index is 2.02. The van der Waals surface area contributed by atoms with Crippen molar-refractivity contribution in [2.24, 2.45) is 0 Å². The Morgan fingerprint density at radius 1 is 1.37 bits per heavy atom. The molecular formula is C18H25N3O6. The summed E-state index contributed by atoms with van der Waals surface area (Å²) in [7, 11) is 0. The minimum atomic E-state index is -0.773. The van der Waals surface area contributed by atoms with Crippen LogP contribution < -0.4 is 10.2 Å². The van der Waals surface area contributed by atoms with Gasteiger partial charge in [-0.3, -0.25) is 14.9 Å². The molecule has 1 N–H and O–H groups in total. The summed E-state index contributed by atoms with van der Waals surface area (Å²) in [5.74, 6) is -1.17. The normalized spacial score (nSPS) is 15.1. The first-order valence-electron chi connectivity index (χ1n) is 9.00. The van der Waals surface area contributed by atoms with Gasteiger partial charge in [-0.25, -0.2) is 4.79 Å². The number of carbonyl (C=O) groups excluding carboxylic acids is 2. The lowest BCUT2D eigenvalue weighted by molar-refractivity contribution is -0.384. The van der Waals surface area contributed by atoms with E-state index < -0.39 is 23.4 Å². The molecule has 9 nitrogen and oxygen atoms in total. The molecule has 1 aromatic carbocycles. The molecular weight excluding hydrogens is 354 g/mol. The second-order valence-corrected chi connectivity index (χ2v) is 6.39. The fourth-order valence-electron chi connectivity index (χ4n) is 2.90. The van der Waals surface area contributed by atoms with Crippen molar-refractivity contribution in [3.63, 3.8) is 0 Å². The molecule has 0 unspecified atom stereocenters. The van der Waals surface area contributed by atoms with Crippen molar-refractivity contribution in [2.45, 2.75) is 32.7 Å². The maximum Gasteiger partial charge on any atom is 0.338 e. The summed E-state index contributed by atoms with van der Waals surface area (Å²) in [6.07, 6.45) is 1.76. The highest BCUT2D eigenvalue weighted by Gasteiger charge is 2.24. The molecule has 148 valence electrons. The third-order valence-electron chi connectivity index (χ3n) is 4.22. The summed E-state index contributed by atoms with van der Waals surface area (Å²) >= 11 is 0. The number of rotatable bonds is 8. The minimum Gasteiger partial charge on any atom is -0.452 e. The highest BCUT2D eigenvalue weighted by atomic mass is 16.6. The molecule has 0 bridgehead atoms. The third kappa shape index (κ3) is 5.92. The lowest BCUT2D eigenvalue weighted by Crippen LogP contribution is -2.36. The second-order valence-electron chi connectivity index (χ2n) is 6.39. The van der Waals surface area contributed by atoms with E-state index in [1.807, 2.05) is 18.7 Å². The number of benzene rings is 1. The fourth-order valence-corrected chi connectivity index (χ4v) is 2.90. The Hall–Kier alpha value is -2.68. The number of ether oxygens (including phenoxy) is 2. The zero-order valence-corrected chi connectivity index (χ0v) is 15.6. The quantitative estimate of drug-likeness (QED) is 0.417. The van der Waals surface area contributed by atoms with E-state index in [-0.39, 0.29) is 17.3 Å². The summed E-state index contributed by atoms with van der Waals surface area (Å²) in [4.78, 5) is 36.7. The molecule has 0 aliphatic carbocycles. The molecule has 1 aliphatic heterocycles. The topological polar surface area (TPSA) is 111 Å². The van der Waals surface area contributed by atoms with Crippen LogP contribution in [0.15, 0.2) is 18.2 Å². The highest BCUT2D eigenvalue weighted by molar-refractivity contribution is 5.93. The average Bonchev–Trinajstić information content (AvgIpc) is 2.66. The number of nitro groups is 1. The van der Waals surface area contributed by atoms with Crippen LogP contribution in [0.1, 0.15) is 37.0 Å². The summed E-state index contributed by atoms with van der Waals surface area (Å²) in [5, 5.41) is 14.1. The molecule has 1 aromatic rings. The molecule has 0 spiro atoms. The third-order valence-corrected chi connectivity index (χ3v) is 4.22. The minimum absolute atomic E-state index is 0.00454. The summed E-state index contributed by atoms with van der Waals surface area (Å²) < 4.78 is 10.2. The Bertz CT molecular complexity index is 688. The van der Waals surface area contributed by atoms with Gasteiger partial charge in [0, 0.05) is 25.2 Å². The van der Waals surface area contributed by atoms with Gasteiger partial charge in [-0.2, -0.15) is 0 Å². The van der Waals surface area contributed by atoms with Crippen LogP contribution in [0.4, 0.5) is 11.4 Å².